The molecule has 3 heterocycles. The highest BCUT2D eigenvalue weighted by Crippen LogP contribution is 2.29. The predicted octanol–water partition coefficient (Wildman–Crippen LogP) is 1.84. The Labute approximate surface area is 146 Å². The summed E-state index contributed by atoms with van der Waals surface area (Å²) >= 11 is 0. The number of halogens is 3. The second-order valence-corrected chi connectivity index (χ2v) is 6.99. The maximum atomic E-state index is 12.7. The molecule has 0 bridgehead atoms. The SMILES string of the molecule is Cn1nccc1-c1nc(C(C)(C)C)nc2c1nnn2CC(O)C(F)(F)F. The first kappa shape index (κ1) is 18.2. The minimum atomic E-state index is -4.76. The highest BCUT2D eigenvalue weighted by molar-refractivity contribution is 5.85. The number of rotatable bonds is 3. The molecule has 0 aromatic carbocycles. The third-order valence-corrected chi connectivity index (χ3v) is 3.82. The highest BCUT2D eigenvalue weighted by Gasteiger charge is 2.39. The highest BCUT2D eigenvalue weighted by atomic mass is 19.4. The van der Waals surface area contributed by atoms with E-state index >= 15 is 0 Å². The molecule has 11 heteroatoms. The quantitative estimate of drug-likeness (QED) is 0.757. The Balaban J connectivity index is 2.21. The summed E-state index contributed by atoms with van der Waals surface area (Å²) in [6.07, 6.45) is -5.75. The van der Waals surface area contributed by atoms with E-state index in [-0.39, 0.29) is 11.2 Å². The lowest BCUT2D eigenvalue weighted by molar-refractivity contribution is -0.207. The fourth-order valence-corrected chi connectivity index (χ4v) is 2.37. The summed E-state index contributed by atoms with van der Waals surface area (Å²) in [5.41, 5.74) is 0.971. The summed E-state index contributed by atoms with van der Waals surface area (Å²) in [4.78, 5) is 8.90. The number of fused-ring (bicyclic) bond motifs is 1. The molecule has 1 unspecified atom stereocenters. The summed E-state index contributed by atoms with van der Waals surface area (Å²) in [5.74, 6) is 0.422. The third-order valence-electron chi connectivity index (χ3n) is 3.82. The van der Waals surface area contributed by atoms with Crippen molar-refractivity contribution in [2.24, 2.45) is 7.05 Å². The molecule has 1 N–H and O–H groups in total. The number of aryl methyl sites for hydroxylation is 1. The minimum absolute atomic E-state index is 0.129. The van der Waals surface area contributed by atoms with E-state index in [0.29, 0.717) is 17.2 Å². The molecule has 0 amide bonds. The largest absolute Gasteiger partial charge is 0.416 e. The van der Waals surface area contributed by atoms with Crippen molar-refractivity contribution in [2.75, 3.05) is 0 Å². The normalized spacial score (nSPS) is 14.2. The first-order valence-corrected chi connectivity index (χ1v) is 7.83. The van der Waals surface area contributed by atoms with Gasteiger partial charge in [0.05, 0.1) is 12.2 Å². The zero-order valence-electron chi connectivity index (χ0n) is 14.7. The van der Waals surface area contributed by atoms with Gasteiger partial charge >= 0.3 is 6.18 Å². The Bertz CT molecular complexity index is 939. The maximum absolute atomic E-state index is 12.7. The second-order valence-electron chi connectivity index (χ2n) is 6.99. The van der Waals surface area contributed by atoms with Gasteiger partial charge in [-0.15, -0.1) is 5.10 Å². The molecule has 0 aliphatic rings. The number of hydrogen-bond donors (Lipinski definition) is 1. The Morgan fingerprint density at radius 3 is 2.42 bits per heavy atom. The summed E-state index contributed by atoms with van der Waals surface area (Å²) in [7, 11) is 1.72. The van der Waals surface area contributed by atoms with Gasteiger partial charge in [0.1, 0.15) is 11.5 Å². The lowest BCUT2D eigenvalue weighted by Gasteiger charge is -2.18. The molecule has 3 rings (SSSR count). The number of alkyl halides is 3. The summed E-state index contributed by atoms with van der Waals surface area (Å²) in [5, 5.41) is 21.2. The van der Waals surface area contributed by atoms with E-state index in [9.17, 15) is 18.3 Å². The number of aromatic nitrogens is 7. The molecule has 0 saturated heterocycles. The van der Waals surface area contributed by atoms with Gasteiger partial charge in [0, 0.05) is 18.7 Å². The third kappa shape index (κ3) is 3.26. The molecule has 3 aromatic heterocycles. The summed E-state index contributed by atoms with van der Waals surface area (Å²) in [6, 6.07) is 1.72. The molecular weight excluding hydrogens is 351 g/mol. The summed E-state index contributed by atoms with van der Waals surface area (Å²) in [6.45, 7) is 4.87. The van der Waals surface area contributed by atoms with Crippen molar-refractivity contribution in [1.82, 2.24) is 34.7 Å². The molecule has 3 aromatic rings. The first-order valence-electron chi connectivity index (χ1n) is 7.83. The van der Waals surface area contributed by atoms with Crippen LogP contribution >= 0.6 is 0 Å². The van der Waals surface area contributed by atoms with Crippen molar-refractivity contribution >= 4 is 11.2 Å². The zero-order valence-corrected chi connectivity index (χ0v) is 14.7. The van der Waals surface area contributed by atoms with E-state index in [2.05, 4.69) is 25.4 Å². The van der Waals surface area contributed by atoms with Crippen molar-refractivity contribution in [3.63, 3.8) is 0 Å². The van der Waals surface area contributed by atoms with E-state index in [1.165, 1.54) is 0 Å². The molecule has 26 heavy (non-hydrogen) atoms. The monoisotopic (exact) mass is 369 g/mol. The molecule has 1 atom stereocenters. The molecule has 0 spiro atoms. The molecule has 0 aliphatic heterocycles. The summed E-state index contributed by atoms with van der Waals surface area (Å²) < 4.78 is 40.7. The topological polar surface area (TPSA) is 94.5 Å². The number of aliphatic hydroxyl groups is 1. The minimum Gasteiger partial charge on any atom is -0.382 e. The molecule has 8 nitrogen and oxygen atoms in total. The molecule has 0 aliphatic carbocycles. The van der Waals surface area contributed by atoms with E-state index in [0.717, 1.165) is 4.68 Å². The van der Waals surface area contributed by atoms with Crippen LogP contribution in [0.1, 0.15) is 26.6 Å². The van der Waals surface area contributed by atoms with Crippen LogP contribution in [0.2, 0.25) is 0 Å². The van der Waals surface area contributed by atoms with Crippen molar-refractivity contribution in [1.29, 1.82) is 0 Å². The van der Waals surface area contributed by atoms with Crippen LogP contribution in [0.3, 0.4) is 0 Å². The van der Waals surface area contributed by atoms with Gasteiger partial charge in [-0.2, -0.15) is 18.3 Å². The van der Waals surface area contributed by atoms with E-state index < -0.39 is 24.2 Å². The Morgan fingerprint density at radius 1 is 1.19 bits per heavy atom. The maximum Gasteiger partial charge on any atom is 0.416 e. The standard InChI is InChI=1S/C15H18F3N7O/c1-14(2,3)13-20-10(8-5-6-19-24(8)4)11-12(21-13)25(23-22-11)7-9(26)15(16,17)18/h5-6,9,26H,7H2,1-4H3. The average molecular weight is 369 g/mol. The molecule has 0 radical (unpaired) electrons. The van der Waals surface area contributed by atoms with Gasteiger partial charge in [-0.25, -0.2) is 14.6 Å². The van der Waals surface area contributed by atoms with Gasteiger partial charge in [0.15, 0.2) is 17.3 Å². The van der Waals surface area contributed by atoms with Crippen LogP contribution in [-0.2, 0) is 19.0 Å². The molecule has 0 fully saturated rings. The van der Waals surface area contributed by atoms with Crippen LogP contribution in [0.25, 0.3) is 22.6 Å². The van der Waals surface area contributed by atoms with Gasteiger partial charge < -0.3 is 5.11 Å². The number of hydrogen-bond acceptors (Lipinski definition) is 6. The van der Waals surface area contributed by atoms with E-state index in [1.807, 2.05) is 20.8 Å². The molecule has 140 valence electrons. The van der Waals surface area contributed by atoms with Gasteiger partial charge in [-0.3, -0.25) is 4.68 Å². The lowest BCUT2D eigenvalue weighted by atomic mass is 9.95. The van der Waals surface area contributed by atoms with Crippen molar-refractivity contribution in [3.05, 3.63) is 18.1 Å². The molecular formula is C15H18F3N7O. The van der Waals surface area contributed by atoms with Crippen LogP contribution in [0.5, 0.6) is 0 Å². The Kier molecular flexibility index (Phi) is 4.21. The van der Waals surface area contributed by atoms with Crippen molar-refractivity contribution in [2.45, 2.75) is 45.0 Å². The van der Waals surface area contributed by atoms with E-state index in [1.54, 1.807) is 24.0 Å². The number of nitrogens with zero attached hydrogens (tertiary/aromatic N) is 7. The van der Waals surface area contributed by atoms with Crippen LogP contribution in [0, 0.1) is 0 Å². The average Bonchev–Trinajstić information content (AvgIpc) is 3.11. The van der Waals surface area contributed by atoms with Crippen LogP contribution < -0.4 is 0 Å². The second kappa shape index (κ2) is 6.01. The van der Waals surface area contributed by atoms with Crippen molar-refractivity contribution < 1.29 is 18.3 Å². The lowest BCUT2D eigenvalue weighted by Crippen LogP contribution is -2.33. The smallest absolute Gasteiger partial charge is 0.382 e. The van der Waals surface area contributed by atoms with Crippen LogP contribution in [0.4, 0.5) is 13.2 Å². The first-order chi connectivity index (χ1) is 12.0. The zero-order chi connectivity index (χ0) is 19.3. The predicted molar refractivity (Wildman–Crippen MR) is 86.1 cm³/mol. The van der Waals surface area contributed by atoms with Gasteiger partial charge in [0.25, 0.3) is 0 Å². The number of aliphatic hydroxyl groups excluding tert-OH is 1. The van der Waals surface area contributed by atoms with E-state index in [4.69, 9.17) is 0 Å². The van der Waals surface area contributed by atoms with Gasteiger partial charge in [-0.05, 0) is 6.07 Å². The Morgan fingerprint density at radius 2 is 1.88 bits per heavy atom. The van der Waals surface area contributed by atoms with Crippen LogP contribution in [0.15, 0.2) is 12.3 Å². The fraction of sp³-hybridized carbons (Fsp3) is 0.533. The van der Waals surface area contributed by atoms with Crippen LogP contribution in [-0.4, -0.2) is 52.1 Å². The van der Waals surface area contributed by atoms with Crippen molar-refractivity contribution in [3.8, 4) is 11.4 Å². The fourth-order valence-electron chi connectivity index (χ4n) is 2.37. The molecule has 0 saturated carbocycles. The Hall–Kier alpha value is -2.56. The van der Waals surface area contributed by atoms with Gasteiger partial charge in [0.2, 0.25) is 0 Å². The van der Waals surface area contributed by atoms with Gasteiger partial charge in [-0.1, -0.05) is 26.0 Å².